The summed E-state index contributed by atoms with van der Waals surface area (Å²) in [6, 6.07) is 40.7. The van der Waals surface area contributed by atoms with E-state index in [0.29, 0.717) is 21.9 Å². The largest absolute Gasteiger partial charge is 0.349 e. The van der Waals surface area contributed by atoms with E-state index in [2.05, 4.69) is 116 Å². The van der Waals surface area contributed by atoms with Gasteiger partial charge in [-0.05, 0) is 125 Å². The molecule has 10 aromatic rings. The number of rotatable bonds is 30. The van der Waals surface area contributed by atoms with E-state index in [9.17, 15) is 0 Å². The van der Waals surface area contributed by atoms with E-state index >= 15 is 19.2 Å². The first-order chi connectivity index (χ1) is 39.8. The van der Waals surface area contributed by atoms with Gasteiger partial charge in [-0.25, -0.2) is 0 Å². The van der Waals surface area contributed by atoms with Crippen LogP contribution >= 0.6 is 0 Å². The molecule has 0 aromatic heterocycles. The van der Waals surface area contributed by atoms with Crippen molar-refractivity contribution in [2.75, 3.05) is 0 Å². The van der Waals surface area contributed by atoms with Crippen LogP contribution in [0.5, 0.6) is 0 Å². The van der Waals surface area contributed by atoms with Gasteiger partial charge in [-0.1, -0.05) is 253 Å². The summed E-state index contributed by atoms with van der Waals surface area (Å²) in [6.45, 7) is 8.93. The lowest BCUT2D eigenvalue weighted by molar-refractivity contribution is 0.0850. The Bertz CT molecular complexity index is 3440. The number of amides is 4. The molecule has 4 amide bonds. The van der Waals surface area contributed by atoms with Crippen LogP contribution in [0.4, 0.5) is 0 Å². The summed E-state index contributed by atoms with van der Waals surface area (Å²) < 4.78 is 0. The lowest BCUT2D eigenvalue weighted by Gasteiger charge is -2.22. The van der Waals surface area contributed by atoms with Gasteiger partial charge in [0.25, 0.3) is 23.6 Å². The third-order valence-corrected chi connectivity index (χ3v) is 17.8. The highest BCUT2D eigenvalue weighted by Gasteiger charge is 2.28. The molecule has 10 rings (SSSR count). The summed E-state index contributed by atoms with van der Waals surface area (Å²) in [5, 5.41) is 25.0. The Morgan fingerprint density at radius 2 is 0.543 bits per heavy atom. The summed E-state index contributed by atoms with van der Waals surface area (Å²) in [4.78, 5) is 61.2. The number of unbranched alkanes of at least 4 members (excludes halogenated alkanes) is 16. The SMILES string of the molecule is CCCCCCCC(CCCCCCC)NC(=O)c1ccc2c3cccc4cccc(c5ccc(C(=O)NC(=O)c6ccc7c8cccc9cccc(c%10ccc(C(=O)NC(CCCCCCC)CCCCCCC)c6c7%10)c98)c1c52)c43. The van der Waals surface area contributed by atoms with Gasteiger partial charge < -0.3 is 10.6 Å². The molecule has 0 aliphatic carbocycles. The number of hydrogen-bond donors (Lipinski definition) is 3. The summed E-state index contributed by atoms with van der Waals surface area (Å²) in [5.74, 6) is -1.63. The second-order valence-corrected chi connectivity index (χ2v) is 23.5. The normalized spacial score (nSPS) is 12.1. The molecule has 0 spiro atoms. The highest BCUT2D eigenvalue weighted by molar-refractivity contribution is 6.39. The minimum absolute atomic E-state index is 0.00917. The quantitative estimate of drug-likeness (QED) is 0.0181. The van der Waals surface area contributed by atoms with Gasteiger partial charge in [0.15, 0.2) is 0 Å². The lowest BCUT2D eigenvalue weighted by Crippen LogP contribution is -2.36. The fourth-order valence-corrected chi connectivity index (χ4v) is 13.5. The number of nitrogens with one attached hydrogen (secondary N) is 3. The Labute approximate surface area is 480 Å². The molecule has 81 heavy (non-hydrogen) atoms. The van der Waals surface area contributed by atoms with E-state index in [-0.39, 0.29) is 35.0 Å². The average Bonchev–Trinajstić information content (AvgIpc) is 2.60. The minimum atomic E-state index is -0.606. The molecule has 0 saturated heterocycles. The second-order valence-electron chi connectivity index (χ2n) is 23.5. The van der Waals surface area contributed by atoms with Crippen molar-refractivity contribution in [2.24, 2.45) is 0 Å². The van der Waals surface area contributed by atoms with Gasteiger partial charge >= 0.3 is 0 Å². The highest BCUT2D eigenvalue weighted by atomic mass is 16.2. The Morgan fingerprint density at radius 3 is 0.827 bits per heavy atom. The van der Waals surface area contributed by atoms with Crippen LogP contribution in [0.25, 0.3) is 86.2 Å². The number of benzene rings is 10. The molecular weight excluding hydrogens is 995 g/mol. The summed E-state index contributed by atoms with van der Waals surface area (Å²) in [7, 11) is 0. The number of carbonyl (C=O) groups excluding carboxylic acids is 4. The van der Waals surface area contributed by atoms with Crippen molar-refractivity contribution in [1.82, 2.24) is 16.0 Å². The number of fused-ring (bicyclic) bond motifs is 4. The third kappa shape index (κ3) is 12.3. The monoisotopic (exact) mass is 1080 g/mol. The summed E-state index contributed by atoms with van der Waals surface area (Å²) >= 11 is 0. The molecule has 10 aromatic carbocycles. The van der Waals surface area contributed by atoms with Crippen LogP contribution in [0.3, 0.4) is 0 Å². The molecule has 0 aliphatic heterocycles. The maximum absolute atomic E-state index is 15.4. The summed E-state index contributed by atoms with van der Waals surface area (Å²) in [6.07, 6.45) is 26.6. The fraction of sp³-hybridized carbons (Fsp3) is 0.405. The van der Waals surface area contributed by atoms with Crippen molar-refractivity contribution in [3.05, 3.63) is 144 Å². The van der Waals surface area contributed by atoms with Crippen LogP contribution in [-0.4, -0.2) is 35.7 Å². The summed E-state index contributed by atoms with van der Waals surface area (Å²) in [5.41, 5.74) is 1.33. The van der Waals surface area contributed by atoms with Gasteiger partial charge in [0, 0.05) is 45.1 Å². The molecule has 0 radical (unpaired) electrons. The van der Waals surface area contributed by atoms with E-state index in [4.69, 9.17) is 0 Å². The van der Waals surface area contributed by atoms with Crippen molar-refractivity contribution < 1.29 is 19.2 Å². The predicted molar refractivity (Wildman–Crippen MR) is 343 cm³/mol. The van der Waals surface area contributed by atoms with E-state index in [1.165, 1.54) is 77.0 Å². The zero-order chi connectivity index (χ0) is 56.2. The van der Waals surface area contributed by atoms with Crippen LogP contribution in [0.2, 0.25) is 0 Å². The Hall–Kier alpha value is -7.12. The minimum Gasteiger partial charge on any atom is -0.349 e. The van der Waals surface area contributed by atoms with Gasteiger partial charge in [-0.2, -0.15) is 0 Å². The maximum Gasteiger partial charge on any atom is 0.258 e. The Kier molecular flexibility index (Phi) is 19.1. The van der Waals surface area contributed by atoms with Crippen LogP contribution in [0, 0.1) is 0 Å². The van der Waals surface area contributed by atoms with Crippen molar-refractivity contribution in [1.29, 1.82) is 0 Å². The molecule has 3 N–H and O–H groups in total. The molecule has 0 heterocycles. The average molecular weight is 1080 g/mol. The van der Waals surface area contributed by atoms with Crippen LogP contribution in [-0.2, 0) is 0 Å². The molecular formula is C74H85N3O4. The predicted octanol–water partition coefficient (Wildman–Crippen LogP) is 20.0. The first-order valence-electron chi connectivity index (χ1n) is 31.5. The number of imide groups is 1. The van der Waals surface area contributed by atoms with Crippen LogP contribution in [0.15, 0.2) is 121 Å². The lowest BCUT2D eigenvalue weighted by atomic mass is 9.85. The molecule has 0 saturated carbocycles. The first-order valence-corrected chi connectivity index (χ1v) is 31.5. The van der Waals surface area contributed by atoms with Crippen LogP contribution < -0.4 is 16.0 Å². The van der Waals surface area contributed by atoms with Gasteiger partial charge in [0.05, 0.1) is 0 Å². The maximum atomic E-state index is 15.4. The molecule has 420 valence electrons. The van der Waals surface area contributed by atoms with Crippen molar-refractivity contribution >= 4 is 110 Å². The highest BCUT2D eigenvalue weighted by Crippen LogP contribution is 2.44. The van der Waals surface area contributed by atoms with Gasteiger partial charge in [-0.3, -0.25) is 24.5 Å². The zero-order valence-corrected chi connectivity index (χ0v) is 48.8. The van der Waals surface area contributed by atoms with E-state index in [1.54, 1.807) is 12.1 Å². The van der Waals surface area contributed by atoms with Crippen molar-refractivity contribution in [3.8, 4) is 0 Å². The molecule has 0 aliphatic rings. The van der Waals surface area contributed by atoms with Crippen LogP contribution in [0.1, 0.15) is 223 Å². The number of hydrogen-bond acceptors (Lipinski definition) is 4. The second kappa shape index (κ2) is 27.1. The van der Waals surface area contributed by atoms with Crippen molar-refractivity contribution in [3.63, 3.8) is 0 Å². The van der Waals surface area contributed by atoms with E-state index < -0.39 is 11.8 Å². The molecule has 0 unspecified atom stereocenters. The zero-order valence-electron chi connectivity index (χ0n) is 48.8. The Balaban J connectivity index is 1.06. The van der Waals surface area contributed by atoms with Gasteiger partial charge in [-0.15, -0.1) is 0 Å². The molecule has 0 bridgehead atoms. The van der Waals surface area contributed by atoms with Gasteiger partial charge in [0.2, 0.25) is 0 Å². The Morgan fingerprint density at radius 1 is 0.284 bits per heavy atom. The number of carbonyl (C=O) groups is 4. The smallest absolute Gasteiger partial charge is 0.258 e. The first kappa shape index (κ1) is 57.1. The topological polar surface area (TPSA) is 104 Å². The van der Waals surface area contributed by atoms with E-state index in [0.717, 1.165) is 152 Å². The standard InChI is InChI=1S/C74H85N3O4/c1-5-9-13-17-21-33-51(34-22-18-14-10-6-2)75-71(78)61-45-41-57-53-37-25-29-49-31-27-39-55(65(49)53)59-43-47-63(69(61)67(57)59)73(80)77-74(81)64-48-44-60-56-40-28-32-50-30-26-38-54(66(50)56)58-42-46-62(70(64)68(58)60)72(79)76-52(35-23-19-15-11-7-3)36-24-20-16-12-8-4/h25-32,37-48,51-52H,5-24,33-36H2,1-4H3,(H,75,78)(H,76,79)(H,77,80,81). The molecule has 0 fully saturated rings. The molecule has 7 nitrogen and oxygen atoms in total. The fourth-order valence-electron chi connectivity index (χ4n) is 13.5. The van der Waals surface area contributed by atoms with E-state index in [1.807, 2.05) is 36.4 Å². The van der Waals surface area contributed by atoms with Gasteiger partial charge in [0.1, 0.15) is 0 Å². The van der Waals surface area contributed by atoms with Crippen molar-refractivity contribution in [2.45, 2.75) is 194 Å². The third-order valence-electron chi connectivity index (χ3n) is 17.8. The molecule has 7 heteroatoms. The molecule has 0 atom stereocenters.